The zero-order chi connectivity index (χ0) is 51.7. The number of hydrogen-bond donors (Lipinski definition) is 1. The lowest BCUT2D eigenvalue weighted by Crippen LogP contribution is -2.12. The number of aryl methyl sites for hydroxylation is 1. The largest absolute Gasteiger partial charge is 0.507 e. The van der Waals surface area contributed by atoms with Gasteiger partial charge in [-0.25, -0.2) is 4.98 Å². The fourth-order valence-corrected chi connectivity index (χ4v) is 8.97. The zero-order valence-corrected chi connectivity index (χ0v) is 40.4. The smallest absolute Gasteiger partial charge is 0.149 e. The van der Waals surface area contributed by atoms with Gasteiger partial charge in [-0.3, -0.25) is 9.55 Å². The number of imidazole rings is 1. The molecule has 2 heterocycles. The lowest BCUT2D eigenvalue weighted by molar-refractivity contribution is 0.466. The van der Waals surface area contributed by atoms with Crippen LogP contribution in [0.25, 0.3) is 83.9 Å². The van der Waals surface area contributed by atoms with E-state index in [1.54, 1.807) is 38.2 Å². The summed E-state index contributed by atoms with van der Waals surface area (Å²) in [5.74, 6) is -1.81. The minimum absolute atomic E-state index is 0.0397. The van der Waals surface area contributed by atoms with Gasteiger partial charge in [-0.2, -0.15) is 0 Å². The molecule has 0 bridgehead atoms. The van der Waals surface area contributed by atoms with Crippen LogP contribution >= 0.6 is 0 Å². The van der Waals surface area contributed by atoms with Crippen molar-refractivity contribution in [3.8, 4) is 78.6 Å². The van der Waals surface area contributed by atoms with Crippen molar-refractivity contribution in [3.05, 3.63) is 192 Å². The average molecular weight is 883 g/mol. The van der Waals surface area contributed by atoms with Crippen LogP contribution in [-0.2, 0) is 10.8 Å². The first-order valence-electron chi connectivity index (χ1n) is 25.7. The summed E-state index contributed by atoms with van der Waals surface area (Å²) in [6.07, 6.45) is 1.79. The van der Waals surface area contributed by atoms with Crippen molar-refractivity contribution in [2.45, 2.75) is 98.7 Å². The van der Waals surface area contributed by atoms with E-state index in [1.807, 2.05) is 62.4 Å². The number of pyridine rings is 1. The van der Waals surface area contributed by atoms with Crippen LogP contribution in [0.5, 0.6) is 5.75 Å². The molecule has 0 saturated heterocycles. The predicted octanol–water partition coefficient (Wildman–Crippen LogP) is 17.3. The van der Waals surface area contributed by atoms with Crippen LogP contribution < -0.4 is 0 Å². The lowest BCUT2D eigenvalue weighted by Gasteiger charge is -2.24. The first kappa shape index (κ1) is 39.2. The van der Waals surface area contributed by atoms with Gasteiger partial charge in [-0.1, -0.05) is 178 Å². The van der Waals surface area contributed by atoms with Gasteiger partial charge < -0.3 is 5.11 Å². The van der Waals surface area contributed by atoms with Crippen molar-refractivity contribution in [3.63, 3.8) is 0 Å². The highest BCUT2D eigenvalue weighted by atomic mass is 16.3. The number of aromatic hydroxyl groups is 1. The Morgan fingerprint density at radius 1 is 0.537 bits per heavy atom. The Morgan fingerprint density at radius 3 is 1.87 bits per heavy atom. The number of rotatable bonds is 9. The van der Waals surface area contributed by atoms with E-state index < -0.39 is 18.6 Å². The molecule has 0 spiro atoms. The van der Waals surface area contributed by atoms with E-state index in [0.717, 1.165) is 67.0 Å². The van der Waals surface area contributed by atoms with Gasteiger partial charge in [0.05, 0.1) is 28.0 Å². The monoisotopic (exact) mass is 883 g/mol. The molecule has 0 fully saturated rings. The zero-order valence-electron chi connectivity index (χ0n) is 45.4. The number of benzene rings is 7. The van der Waals surface area contributed by atoms with E-state index >= 15 is 0 Å². The van der Waals surface area contributed by atoms with Crippen LogP contribution in [-0.4, -0.2) is 19.6 Å². The molecule has 9 rings (SSSR count). The third kappa shape index (κ3) is 8.98. The maximum Gasteiger partial charge on any atom is 0.149 e. The van der Waals surface area contributed by atoms with Crippen molar-refractivity contribution in [2.75, 3.05) is 0 Å². The third-order valence-corrected chi connectivity index (χ3v) is 12.9. The molecule has 336 valence electrons. The second-order valence-electron chi connectivity index (χ2n) is 20.3. The Balaban J connectivity index is 1.34. The predicted molar refractivity (Wildman–Crippen MR) is 283 cm³/mol. The van der Waals surface area contributed by atoms with Crippen molar-refractivity contribution in [2.24, 2.45) is 0 Å². The minimum Gasteiger partial charge on any atom is -0.507 e. The summed E-state index contributed by atoms with van der Waals surface area (Å²) >= 11 is 0. The first-order valence-corrected chi connectivity index (χ1v) is 23.2. The summed E-state index contributed by atoms with van der Waals surface area (Å²) < 4.78 is 44.3. The Labute approximate surface area is 405 Å². The van der Waals surface area contributed by atoms with Crippen LogP contribution in [0, 0.1) is 6.85 Å². The number of nitrogens with zero attached hydrogens (tertiary/aromatic N) is 3. The van der Waals surface area contributed by atoms with E-state index in [9.17, 15) is 7.85 Å². The Hall–Kier alpha value is -7.04. The molecule has 0 aliphatic heterocycles. The van der Waals surface area contributed by atoms with Crippen LogP contribution in [0.4, 0.5) is 0 Å². The number of para-hydroxylation sites is 1. The molecule has 0 atom stereocenters. The van der Waals surface area contributed by atoms with E-state index in [0.29, 0.717) is 28.0 Å². The number of fused-ring (bicyclic) bond motifs is 1. The van der Waals surface area contributed by atoms with Gasteiger partial charge in [0.15, 0.2) is 0 Å². The molecular weight excluding hydrogens is 815 g/mol. The van der Waals surface area contributed by atoms with Gasteiger partial charge in [0, 0.05) is 29.7 Å². The van der Waals surface area contributed by atoms with Gasteiger partial charge >= 0.3 is 0 Å². The highest BCUT2D eigenvalue weighted by Gasteiger charge is 2.27. The van der Waals surface area contributed by atoms with Gasteiger partial charge in [-0.05, 0) is 140 Å². The summed E-state index contributed by atoms with van der Waals surface area (Å²) in [6, 6.07) is 53.1. The van der Waals surface area contributed by atoms with E-state index in [1.165, 1.54) is 11.1 Å². The fourth-order valence-electron chi connectivity index (χ4n) is 8.97. The quantitative estimate of drug-likeness (QED) is 0.157. The molecule has 7 aromatic carbocycles. The summed E-state index contributed by atoms with van der Waals surface area (Å²) in [5.41, 5.74) is 15.6. The van der Waals surface area contributed by atoms with Crippen molar-refractivity contribution in [1.82, 2.24) is 14.5 Å². The van der Waals surface area contributed by atoms with Gasteiger partial charge in [0.1, 0.15) is 11.6 Å². The highest BCUT2D eigenvalue weighted by Crippen LogP contribution is 2.45. The number of phenols is 1. The molecule has 2 aromatic heterocycles. The molecular formula is C63H63N3O. The fraction of sp³-hybridized carbons (Fsp3) is 0.238. The molecule has 67 heavy (non-hydrogen) atoms. The van der Waals surface area contributed by atoms with Crippen LogP contribution in [0.15, 0.2) is 164 Å². The highest BCUT2D eigenvalue weighted by molar-refractivity contribution is 5.98. The maximum atomic E-state index is 12.5. The molecule has 4 nitrogen and oxygen atoms in total. The Kier molecular flexibility index (Phi) is 10.3. The number of phenolic OH excluding ortho intramolecular Hbond substituents is 1. The van der Waals surface area contributed by atoms with Crippen LogP contribution in [0.1, 0.15) is 116 Å². The summed E-state index contributed by atoms with van der Waals surface area (Å²) in [5, 5.41) is 12.5. The topological polar surface area (TPSA) is 50.9 Å². The van der Waals surface area contributed by atoms with Crippen LogP contribution in [0.3, 0.4) is 0 Å². The van der Waals surface area contributed by atoms with Crippen molar-refractivity contribution in [1.29, 1.82) is 0 Å². The van der Waals surface area contributed by atoms with Crippen molar-refractivity contribution >= 4 is 11.0 Å². The minimum atomic E-state index is -2.20. The normalized spacial score (nSPS) is 13.7. The maximum absolute atomic E-state index is 12.5. The Morgan fingerprint density at radius 2 is 1.19 bits per heavy atom. The summed E-state index contributed by atoms with van der Waals surface area (Å²) in [7, 11) is 0. The van der Waals surface area contributed by atoms with E-state index in [-0.39, 0.29) is 22.1 Å². The molecule has 1 N–H and O–H groups in total. The summed E-state index contributed by atoms with van der Waals surface area (Å²) in [6.45, 7) is 18.3. The molecule has 0 unspecified atom stereocenters. The van der Waals surface area contributed by atoms with Gasteiger partial charge in [0.25, 0.3) is 0 Å². The first-order chi connectivity index (χ1) is 33.8. The Bertz CT molecular complexity index is 3470. The van der Waals surface area contributed by atoms with Gasteiger partial charge in [0.2, 0.25) is 0 Å². The standard InChI is InChI=1S/C63H63N3O/c1-39(2)46-35-53(40(3)4)60(67)55(36-46)61-65-59-52(18-15-19-58(59)66(61)57-29-28-51(63(9,10)11)38-54(57)44-24-26-50(27-25-44)62(6,7)8)48-32-47(42-16-13-12-14-17-42)33-49(34-48)56-37-45(30-31-64-56)43-22-20-41(5)21-23-43/h12-40,67H,1-11H3/i5D3,39D,40D. The number of aromatic nitrogens is 3. The van der Waals surface area contributed by atoms with Crippen LogP contribution in [0.2, 0.25) is 0 Å². The van der Waals surface area contributed by atoms with E-state index in [4.69, 9.17) is 14.1 Å². The lowest BCUT2D eigenvalue weighted by atomic mass is 9.83. The molecule has 0 radical (unpaired) electrons. The number of hydrogen-bond acceptors (Lipinski definition) is 3. The molecule has 0 aliphatic carbocycles. The molecule has 0 amide bonds. The molecule has 4 heteroatoms. The second-order valence-corrected chi connectivity index (χ2v) is 20.3. The molecule has 0 saturated carbocycles. The average Bonchev–Trinajstić information content (AvgIpc) is 3.72. The second kappa shape index (κ2) is 17.6. The van der Waals surface area contributed by atoms with E-state index in [2.05, 4.69) is 137 Å². The van der Waals surface area contributed by atoms with Crippen molar-refractivity contribution < 1.29 is 12.0 Å². The third-order valence-electron chi connectivity index (χ3n) is 12.9. The van der Waals surface area contributed by atoms with Gasteiger partial charge in [-0.15, -0.1) is 0 Å². The SMILES string of the molecule is [2H]C([2H])([2H])c1ccc(-c2ccnc(-c3cc(-c4ccccc4)cc(-c4cccc5c4nc(-c4cc(C([2H])(C)C)cc(C([2H])(C)C)c4O)n5-c4ccc(C(C)(C)C)cc4-c4ccc(C(C)(C)C)cc4)c3)c2)cc1. The summed E-state index contributed by atoms with van der Waals surface area (Å²) in [4.78, 5) is 10.5. The molecule has 9 aromatic rings. The molecule has 0 aliphatic rings.